The molecular formula is C7H5Cl2NO3. The first-order valence-electron chi connectivity index (χ1n) is 3.36. The molecule has 0 heterocycles. The van der Waals surface area contributed by atoms with Gasteiger partial charge in [0.1, 0.15) is 17.2 Å². The van der Waals surface area contributed by atoms with E-state index in [1.165, 1.54) is 18.2 Å². The molecule has 2 atom stereocenters. The molecule has 1 rings (SSSR count). The van der Waals surface area contributed by atoms with Crippen LogP contribution in [0.15, 0.2) is 23.3 Å². The van der Waals surface area contributed by atoms with E-state index in [-0.39, 0.29) is 5.03 Å². The van der Waals surface area contributed by atoms with Crippen LogP contribution in [0, 0.1) is 16.0 Å². The number of hydrogen-bond donors (Lipinski definition) is 0. The second-order valence-corrected chi connectivity index (χ2v) is 3.48. The standard InChI is InChI=1S/C7H5Cl2NO3/c8-6-3-1-2-5(4-11)7(6,9)10(12)13/h1-5H. The predicted octanol–water partition coefficient (Wildman–Crippen LogP) is 1.71. The Morgan fingerprint density at radius 1 is 1.69 bits per heavy atom. The summed E-state index contributed by atoms with van der Waals surface area (Å²) in [5, 5.41) is 10.5. The van der Waals surface area contributed by atoms with Crippen LogP contribution >= 0.6 is 23.2 Å². The van der Waals surface area contributed by atoms with Crippen LogP contribution in [-0.4, -0.2) is 16.2 Å². The van der Waals surface area contributed by atoms with Gasteiger partial charge in [-0.3, -0.25) is 10.1 Å². The minimum Gasteiger partial charge on any atom is -0.302 e. The monoisotopic (exact) mass is 221 g/mol. The van der Waals surface area contributed by atoms with Crippen LogP contribution in [-0.2, 0) is 4.79 Å². The normalized spacial score (nSPS) is 32.5. The van der Waals surface area contributed by atoms with E-state index in [9.17, 15) is 14.9 Å². The number of nitro groups is 1. The van der Waals surface area contributed by atoms with Gasteiger partial charge < -0.3 is 4.79 Å². The summed E-state index contributed by atoms with van der Waals surface area (Å²) in [4.78, 5) is 18.3. The Morgan fingerprint density at radius 3 is 2.69 bits per heavy atom. The van der Waals surface area contributed by atoms with Crippen molar-refractivity contribution < 1.29 is 9.72 Å². The van der Waals surface area contributed by atoms with Crippen molar-refractivity contribution in [1.82, 2.24) is 0 Å². The maximum absolute atomic E-state index is 10.6. The lowest BCUT2D eigenvalue weighted by Crippen LogP contribution is -2.41. The van der Waals surface area contributed by atoms with E-state index in [0.717, 1.165) is 0 Å². The third-order valence-electron chi connectivity index (χ3n) is 1.75. The third kappa shape index (κ3) is 1.47. The number of allylic oxidation sites excluding steroid dienone is 2. The second kappa shape index (κ2) is 3.47. The Labute approximate surface area is 84.0 Å². The first-order chi connectivity index (χ1) is 6.03. The molecule has 1 aliphatic carbocycles. The highest BCUT2D eigenvalue weighted by Gasteiger charge is 2.52. The van der Waals surface area contributed by atoms with Gasteiger partial charge in [-0.1, -0.05) is 23.8 Å². The minimum atomic E-state index is -2.03. The molecule has 0 amide bonds. The summed E-state index contributed by atoms with van der Waals surface area (Å²) in [5.74, 6) is -1.03. The van der Waals surface area contributed by atoms with Crippen LogP contribution in [0.4, 0.5) is 0 Å². The average molecular weight is 222 g/mol. The van der Waals surface area contributed by atoms with Crippen LogP contribution in [0.1, 0.15) is 0 Å². The number of alkyl halides is 1. The fourth-order valence-electron chi connectivity index (χ4n) is 1.01. The highest BCUT2D eigenvalue weighted by atomic mass is 35.5. The Balaban J connectivity index is 3.17. The summed E-state index contributed by atoms with van der Waals surface area (Å²) in [5.41, 5.74) is 0. The van der Waals surface area contributed by atoms with E-state index in [4.69, 9.17) is 23.2 Å². The molecule has 0 N–H and O–H groups in total. The zero-order valence-corrected chi connectivity index (χ0v) is 7.83. The number of nitrogens with zero attached hydrogens (tertiary/aromatic N) is 1. The predicted molar refractivity (Wildman–Crippen MR) is 48.2 cm³/mol. The zero-order chi connectivity index (χ0) is 10.1. The number of rotatable bonds is 2. The minimum absolute atomic E-state index is 0.154. The molecule has 0 fully saturated rings. The van der Waals surface area contributed by atoms with Crippen LogP contribution in [0.5, 0.6) is 0 Å². The van der Waals surface area contributed by atoms with E-state index in [2.05, 4.69) is 0 Å². The third-order valence-corrected chi connectivity index (χ3v) is 2.85. The molecule has 4 nitrogen and oxygen atoms in total. The summed E-state index contributed by atoms with van der Waals surface area (Å²) in [6.45, 7) is 0. The lowest BCUT2D eigenvalue weighted by atomic mass is 9.96. The average Bonchev–Trinajstić information content (AvgIpc) is 2.09. The molecule has 1 aliphatic rings. The molecule has 0 aromatic rings. The topological polar surface area (TPSA) is 60.2 Å². The van der Waals surface area contributed by atoms with Crippen molar-refractivity contribution in [1.29, 1.82) is 0 Å². The quantitative estimate of drug-likeness (QED) is 0.235. The zero-order valence-electron chi connectivity index (χ0n) is 6.31. The van der Waals surface area contributed by atoms with Crippen molar-refractivity contribution in [2.45, 2.75) is 5.00 Å². The smallest absolute Gasteiger partial charge is 0.302 e. The molecule has 13 heavy (non-hydrogen) atoms. The van der Waals surface area contributed by atoms with Crippen LogP contribution < -0.4 is 0 Å². The fraction of sp³-hybridized carbons (Fsp3) is 0.286. The van der Waals surface area contributed by atoms with Gasteiger partial charge >= 0.3 is 5.00 Å². The van der Waals surface area contributed by atoms with E-state index in [1.807, 2.05) is 0 Å². The summed E-state index contributed by atoms with van der Waals surface area (Å²) in [6, 6.07) is 0. The van der Waals surface area contributed by atoms with Crippen molar-refractivity contribution in [3.05, 3.63) is 33.4 Å². The van der Waals surface area contributed by atoms with E-state index in [0.29, 0.717) is 6.29 Å². The Morgan fingerprint density at radius 2 is 2.31 bits per heavy atom. The van der Waals surface area contributed by atoms with Gasteiger partial charge in [0.15, 0.2) is 0 Å². The van der Waals surface area contributed by atoms with Gasteiger partial charge in [0.05, 0.1) is 0 Å². The fourth-order valence-corrected chi connectivity index (χ4v) is 1.46. The maximum Gasteiger partial charge on any atom is 0.343 e. The van der Waals surface area contributed by atoms with Crippen molar-refractivity contribution in [2.75, 3.05) is 0 Å². The van der Waals surface area contributed by atoms with E-state index >= 15 is 0 Å². The number of carbonyl (C=O) groups excluding carboxylic acids is 1. The van der Waals surface area contributed by atoms with Gasteiger partial charge in [-0.15, -0.1) is 0 Å². The van der Waals surface area contributed by atoms with E-state index < -0.39 is 15.8 Å². The molecule has 0 saturated heterocycles. The number of carbonyl (C=O) groups is 1. The molecule has 0 spiro atoms. The molecule has 6 heteroatoms. The van der Waals surface area contributed by atoms with Gasteiger partial charge in [-0.25, -0.2) is 0 Å². The first-order valence-corrected chi connectivity index (χ1v) is 4.12. The largest absolute Gasteiger partial charge is 0.343 e. The van der Waals surface area contributed by atoms with Crippen LogP contribution in [0.25, 0.3) is 0 Å². The van der Waals surface area contributed by atoms with Gasteiger partial charge in [-0.2, -0.15) is 0 Å². The number of halogens is 2. The molecule has 70 valence electrons. The Hall–Kier alpha value is -0.870. The molecule has 0 saturated carbocycles. The summed E-state index contributed by atoms with van der Waals surface area (Å²) < 4.78 is 0. The molecule has 0 bridgehead atoms. The second-order valence-electron chi connectivity index (χ2n) is 2.49. The Bertz CT molecular complexity index is 313. The van der Waals surface area contributed by atoms with Gasteiger partial charge in [-0.05, 0) is 17.7 Å². The highest BCUT2D eigenvalue weighted by molar-refractivity contribution is 6.39. The van der Waals surface area contributed by atoms with Crippen LogP contribution in [0.3, 0.4) is 0 Å². The van der Waals surface area contributed by atoms with Gasteiger partial charge in [0.2, 0.25) is 0 Å². The molecule has 0 aromatic carbocycles. The van der Waals surface area contributed by atoms with Crippen molar-refractivity contribution in [3.8, 4) is 0 Å². The van der Waals surface area contributed by atoms with Gasteiger partial charge in [0, 0.05) is 4.92 Å². The van der Waals surface area contributed by atoms with Gasteiger partial charge in [0.25, 0.3) is 0 Å². The SMILES string of the molecule is O=CC1C=CC=C(Cl)C1(Cl)[N+](=O)[O-]. The summed E-state index contributed by atoms with van der Waals surface area (Å²) >= 11 is 11.2. The molecule has 0 radical (unpaired) electrons. The molecule has 0 aromatic heterocycles. The summed E-state index contributed by atoms with van der Waals surface area (Å²) in [7, 11) is 0. The highest BCUT2D eigenvalue weighted by Crippen LogP contribution is 2.38. The Kier molecular flexibility index (Phi) is 2.73. The molecular weight excluding hydrogens is 217 g/mol. The maximum atomic E-state index is 10.6. The molecule has 2 unspecified atom stereocenters. The van der Waals surface area contributed by atoms with Crippen molar-refractivity contribution >= 4 is 29.5 Å². The lowest BCUT2D eigenvalue weighted by molar-refractivity contribution is -0.533. The van der Waals surface area contributed by atoms with Crippen molar-refractivity contribution in [2.24, 2.45) is 5.92 Å². The first kappa shape index (κ1) is 10.2. The van der Waals surface area contributed by atoms with Crippen molar-refractivity contribution in [3.63, 3.8) is 0 Å². The van der Waals surface area contributed by atoms with E-state index in [1.54, 1.807) is 0 Å². The lowest BCUT2D eigenvalue weighted by Gasteiger charge is -2.23. The van der Waals surface area contributed by atoms with Crippen LogP contribution in [0.2, 0.25) is 0 Å². The number of hydrogen-bond acceptors (Lipinski definition) is 3. The summed E-state index contributed by atoms with van der Waals surface area (Å²) in [6.07, 6.45) is 4.51. The number of aldehydes is 1. The molecule has 0 aliphatic heterocycles.